The average molecular weight is 411 g/mol. The van der Waals surface area contributed by atoms with Gasteiger partial charge in [-0.1, -0.05) is 11.6 Å². The predicted molar refractivity (Wildman–Crippen MR) is 109 cm³/mol. The Morgan fingerprint density at radius 1 is 1.37 bits per heavy atom. The third-order valence-electron chi connectivity index (χ3n) is 5.32. The highest BCUT2D eigenvalue weighted by molar-refractivity contribution is 6.31. The normalized spacial score (nSPS) is 18.0. The van der Waals surface area contributed by atoms with Crippen LogP contribution in [0.3, 0.4) is 0 Å². The molecule has 1 atom stereocenters. The van der Waals surface area contributed by atoms with Crippen molar-refractivity contribution in [2.75, 3.05) is 13.1 Å². The second-order valence-electron chi connectivity index (χ2n) is 6.95. The van der Waals surface area contributed by atoms with E-state index in [1.807, 2.05) is 16.9 Å². The van der Waals surface area contributed by atoms with Gasteiger partial charge in [0.05, 0.1) is 17.8 Å². The van der Waals surface area contributed by atoms with Crippen LogP contribution in [0, 0.1) is 6.92 Å². The molecular weight excluding hydrogens is 387 g/mol. The molecule has 0 radical (unpaired) electrons. The third kappa shape index (κ3) is 3.79. The number of piperidine rings is 1. The van der Waals surface area contributed by atoms with Gasteiger partial charge >= 0.3 is 5.76 Å². The highest BCUT2D eigenvalue weighted by Crippen LogP contribution is 2.27. The minimum Gasteiger partial charge on any atom is -0.408 e. The first-order valence-corrected chi connectivity index (χ1v) is 9.49. The van der Waals surface area contributed by atoms with Crippen LogP contribution in [0.5, 0.6) is 0 Å². The molecule has 0 bridgehead atoms. The molecule has 0 amide bonds. The van der Waals surface area contributed by atoms with E-state index in [9.17, 15) is 4.79 Å². The van der Waals surface area contributed by atoms with Crippen molar-refractivity contribution in [3.63, 3.8) is 0 Å². The molecule has 1 unspecified atom stereocenters. The quantitative estimate of drug-likeness (QED) is 0.651. The zero-order valence-corrected chi connectivity index (χ0v) is 17.1. The number of aromatic nitrogens is 3. The van der Waals surface area contributed by atoms with E-state index in [1.165, 1.54) is 11.3 Å². The summed E-state index contributed by atoms with van der Waals surface area (Å²) in [4.78, 5) is 14.8. The van der Waals surface area contributed by atoms with Crippen LogP contribution >= 0.6 is 24.0 Å². The van der Waals surface area contributed by atoms with E-state index in [0.29, 0.717) is 10.6 Å². The van der Waals surface area contributed by atoms with Crippen LogP contribution in [0.2, 0.25) is 5.02 Å². The van der Waals surface area contributed by atoms with Crippen LogP contribution in [0.25, 0.3) is 11.1 Å². The van der Waals surface area contributed by atoms with Gasteiger partial charge in [0.25, 0.3) is 0 Å². The minimum atomic E-state index is -0.302. The molecule has 1 aromatic carbocycles. The van der Waals surface area contributed by atoms with Crippen molar-refractivity contribution in [2.24, 2.45) is 0 Å². The van der Waals surface area contributed by atoms with E-state index in [0.717, 1.165) is 44.5 Å². The van der Waals surface area contributed by atoms with Gasteiger partial charge < -0.3 is 4.42 Å². The van der Waals surface area contributed by atoms with Crippen molar-refractivity contribution in [1.29, 1.82) is 0 Å². The second kappa shape index (κ2) is 8.09. The summed E-state index contributed by atoms with van der Waals surface area (Å²) in [6, 6.07) is 5.42. The molecule has 3 aromatic rings. The molecule has 0 aliphatic carbocycles. The molecule has 1 saturated heterocycles. The van der Waals surface area contributed by atoms with E-state index in [2.05, 4.69) is 23.8 Å². The largest absolute Gasteiger partial charge is 0.420 e. The first kappa shape index (κ1) is 20.0. The first-order chi connectivity index (χ1) is 12.6. The van der Waals surface area contributed by atoms with E-state index in [1.54, 1.807) is 16.7 Å². The fourth-order valence-electron chi connectivity index (χ4n) is 3.94. The smallest absolute Gasteiger partial charge is 0.408 e. The number of benzene rings is 1. The number of hydrogen-bond donors (Lipinski definition) is 0. The number of nitrogens with zero attached hydrogens (tertiary/aromatic N) is 4. The molecule has 0 saturated carbocycles. The molecular formula is C19H24Cl2N4O2. The Kier molecular flexibility index (Phi) is 5.99. The lowest BCUT2D eigenvalue weighted by Gasteiger charge is -2.33. The van der Waals surface area contributed by atoms with E-state index in [-0.39, 0.29) is 24.2 Å². The molecule has 0 N–H and O–H groups in total. The Morgan fingerprint density at radius 2 is 2.19 bits per heavy atom. The van der Waals surface area contributed by atoms with Gasteiger partial charge in [-0.05, 0) is 51.4 Å². The lowest BCUT2D eigenvalue weighted by Crippen LogP contribution is -2.38. The molecule has 2 aromatic heterocycles. The number of hydrogen-bond acceptors (Lipinski definition) is 4. The van der Waals surface area contributed by atoms with Crippen molar-refractivity contribution in [2.45, 2.75) is 45.8 Å². The number of aryl methyl sites for hydroxylation is 1. The number of likely N-dealkylation sites (tertiary alicyclic amines) is 1. The fraction of sp³-hybridized carbons (Fsp3) is 0.474. The topological polar surface area (TPSA) is 56.2 Å². The molecule has 146 valence electrons. The van der Waals surface area contributed by atoms with Gasteiger partial charge in [0.2, 0.25) is 0 Å². The molecule has 1 aliphatic heterocycles. The highest BCUT2D eigenvalue weighted by atomic mass is 35.5. The van der Waals surface area contributed by atoms with Crippen molar-refractivity contribution in [3.8, 4) is 0 Å². The average Bonchev–Trinajstić information content (AvgIpc) is 3.14. The maximum atomic E-state index is 12.4. The van der Waals surface area contributed by atoms with Crippen LogP contribution in [-0.2, 0) is 13.1 Å². The van der Waals surface area contributed by atoms with Crippen LogP contribution in [0.15, 0.2) is 33.6 Å². The highest BCUT2D eigenvalue weighted by Gasteiger charge is 2.26. The number of oxazole rings is 1. The van der Waals surface area contributed by atoms with Crippen molar-refractivity contribution < 1.29 is 4.42 Å². The Hall–Kier alpha value is -1.76. The summed E-state index contributed by atoms with van der Waals surface area (Å²) in [5.74, 6) is -0.302. The Bertz CT molecular complexity index is 991. The fourth-order valence-corrected chi connectivity index (χ4v) is 4.10. The van der Waals surface area contributed by atoms with Gasteiger partial charge in [0.15, 0.2) is 5.58 Å². The van der Waals surface area contributed by atoms with Gasteiger partial charge in [-0.15, -0.1) is 12.4 Å². The van der Waals surface area contributed by atoms with Crippen LogP contribution in [-0.4, -0.2) is 32.3 Å². The zero-order valence-electron chi connectivity index (χ0n) is 15.5. The number of rotatable bonds is 4. The van der Waals surface area contributed by atoms with E-state index in [4.69, 9.17) is 16.0 Å². The van der Waals surface area contributed by atoms with E-state index < -0.39 is 0 Å². The number of halogens is 2. The summed E-state index contributed by atoms with van der Waals surface area (Å²) in [6.07, 6.45) is 3.97. The standard InChI is InChI=1S/C19H23ClN4O2.ClH/c1-3-23-13(2)14(10-21-23)11-22-8-4-5-16(12-22)24-17-9-15(20)6-7-18(17)26-19(24)25;/h6-7,9-10,16H,3-5,8,11-12H2,1-2H3;1H. The SMILES string of the molecule is CCn1ncc(CN2CCCC(n3c(=O)oc4ccc(Cl)cc43)C2)c1C.Cl. The summed E-state index contributed by atoms with van der Waals surface area (Å²) in [7, 11) is 0. The van der Waals surface area contributed by atoms with Gasteiger partial charge in [0, 0.05) is 35.9 Å². The Balaban J connectivity index is 0.00000210. The van der Waals surface area contributed by atoms with Crippen LogP contribution < -0.4 is 5.76 Å². The van der Waals surface area contributed by atoms with Crippen molar-refractivity contribution in [1.82, 2.24) is 19.2 Å². The Labute approximate surface area is 169 Å². The zero-order chi connectivity index (χ0) is 18.3. The first-order valence-electron chi connectivity index (χ1n) is 9.11. The monoisotopic (exact) mass is 410 g/mol. The maximum Gasteiger partial charge on any atom is 0.420 e. The molecule has 27 heavy (non-hydrogen) atoms. The third-order valence-corrected chi connectivity index (χ3v) is 5.55. The molecule has 1 aliphatic rings. The summed E-state index contributed by atoms with van der Waals surface area (Å²) in [5.41, 5.74) is 3.84. The second-order valence-corrected chi connectivity index (χ2v) is 7.39. The molecule has 3 heterocycles. The van der Waals surface area contributed by atoms with Crippen molar-refractivity contribution >= 4 is 35.1 Å². The lowest BCUT2D eigenvalue weighted by atomic mass is 10.0. The van der Waals surface area contributed by atoms with Gasteiger partial charge in [-0.2, -0.15) is 5.10 Å². The predicted octanol–water partition coefficient (Wildman–Crippen LogP) is 4.03. The maximum absolute atomic E-state index is 12.4. The summed E-state index contributed by atoms with van der Waals surface area (Å²) in [5, 5.41) is 5.05. The summed E-state index contributed by atoms with van der Waals surface area (Å²) >= 11 is 6.13. The molecule has 0 spiro atoms. The molecule has 1 fully saturated rings. The van der Waals surface area contributed by atoms with Crippen LogP contribution in [0.4, 0.5) is 0 Å². The Morgan fingerprint density at radius 3 is 2.93 bits per heavy atom. The van der Waals surface area contributed by atoms with Gasteiger partial charge in [0.1, 0.15) is 0 Å². The molecule has 8 heteroatoms. The molecule has 4 rings (SSSR count). The van der Waals surface area contributed by atoms with E-state index >= 15 is 0 Å². The van der Waals surface area contributed by atoms with Crippen molar-refractivity contribution in [3.05, 3.63) is 51.2 Å². The van der Waals surface area contributed by atoms with Crippen LogP contribution in [0.1, 0.15) is 37.1 Å². The summed E-state index contributed by atoms with van der Waals surface area (Å²) < 4.78 is 9.21. The summed E-state index contributed by atoms with van der Waals surface area (Å²) in [6.45, 7) is 7.79. The lowest BCUT2D eigenvalue weighted by molar-refractivity contribution is 0.167. The molecule has 6 nitrogen and oxygen atoms in total. The van der Waals surface area contributed by atoms with Gasteiger partial charge in [-0.25, -0.2) is 4.79 Å². The van der Waals surface area contributed by atoms with Gasteiger partial charge in [-0.3, -0.25) is 14.1 Å². The number of fused-ring (bicyclic) bond motifs is 1. The minimum absolute atomic E-state index is 0.